The van der Waals surface area contributed by atoms with Gasteiger partial charge in [-0.3, -0.25) is 4.79 Å². The lowest BCUT2D eigenvalue weighted by molar-refractivity contribution is 0.0963. The Kier molecular flexibility index (Phi) is 6.26. The molecule has 33 heavy (non-hydrogen) atoms. The molecule has 2 aromatic heterocycles. The highest BCUT2D eigenvalue weighted by Crippen LogP contribution is 2.28. The van der Waals surface area contributed by atoms with E-state index in [0.29, 0.717) is 35.1 Å². The number of nitrogens with zero attached hydrogens (tertiary/aromatic N) is 2. The van der Waals surface area contributed by atoms with E-state index >= 15 is 0 Å². The zero-order valence-electron chi connectivity index (χ0n) is 19.1. The van der Waals surface area contributed by atoms with Crippen molar-refractivity contribution in [1.29, 1.82) is 0 Å². The summed E-state index contributed by atoms with van der Waals surface area (Å²) in [5, 5.41) is 10.2. The number of anilines is 3. The first-order chi connectivity index (χ1) is 15.9. The number of rotatable bonds is 7. The van der Waals surface area contributed by atoms with Gasteiger partial charge in [0.1, 0.15) is 23.3 Å². The van der Waals surface area contributed by atoms with Gasteiger partial charge < -0.3 is 20.9 Å². The van der Waals surface area contributed by atoms with Gasteiger partial charge in [-0.2, -0.15) is 0 Å². The number of nitrogens with one attached hydrogen (secondary N) is 4. The second-order valence-electron chi connectivity index (χ2n) is 7.99. The molecule has 2 aromatic carbocycles. The molecule has 0 atom stereocenters. The van der Waals surface area contributed by atoms with Gasteiger partial charge in [-0.25, -0.2) is 14.4 Å². The Morgan fingerprint density at radius 1 is 1.03 bits per heavy atom. The topological polar surface area (TPSA) is 94.7 Å². The van der Waals surface area contributed by atoms with Gasteiger partial charge in [-0.05, 0) is 68.7 Å². The minimum Gasteiger partial charge on any atom is -0.370 e. The fourth-order valence-corrected chi connectivity index (χ4v) is 3.99. The number of hydrogen-bond acceptors (Lipinski definition) is 5. The van der Waals surface area contributed by atoms with Gasteiger partial charge in [0.25, 0.3) is 5.91 Å². The molecule has 0 radical (unpaired) electrons. The van der Waals surface area contributed by atoms with Crippen LogP contribution in [0.2, 0.25) is 0 Å². The number of halogens is 1. The summed E-state index contributed by atoms with van der Waals surface area (Å²) in [4.78, 5) is 23.8. The summed E-state index contributed by atoms with van der Waals surface area (Å²) in [7, 11) is 1.60. The fraction of sp³-hybridized carbons (Fsp3) is 0.240. The van der Waals surface area contributed by atoms with Crippen LogP contribution >= 0.6 is 0 Å². The molecule has 0 bridgehead atoms. The molecule has 0 saturated heterocycles. The van der Waals surface area contributed by atoms with E-state index in [1.165, 1.54) is 6.07 Å². The molecule has 7 nitrogen and oxygen atoms in total. The quantitative estimate of drug-likeness (QED) is 0.328. The van der Waals surface area contributed by atoms with E-state index in [1.54, 1.807) is 19.2 Å². The van der Waals surface area contributed by atoms with E-state index < -0.39 is 0 Å². The van der Waals surface area contributed by atoms with Gasteiger partial charge in [0.2, 0.25) is 0 Å². The lowest BCUT2D eigenvalue weighted by Crippen LogP contribution is -2.17. The summed E-state index contributed by atoms with van der Waals surface area (Å²) in [5.41, 5.74) is 5.11. The Balaban J connectivity index is 1.46. The molecule has 1 amide bonds. The van der Waals surface area contributed by atoms with Gasteiger partial charge in [0, 0.05) is 42.0 Å². The lowest BCUT2D eigenvalue weighted by atomic mass is 10.0. The van der Waals surface area contributed by atoms with Crippen LogP contribution in [0.25, 0.3) is 10.9 Å². The van der Waals surface area contributed by atoms with Crippen LogP contribution in [0.4, 0.5) is 21.7 Å². The number of carbonyl (C=O) groups excluding carboxylic acids is 1. The highest BCUT2D eigenvalue weighted by molar-refractivity contribution is 5.94. The second-order valence-corrected chi connectivity index (χ2v) is 7.99. The SMILES string of the molecule is CNC(=O)c1ccc(Nc2cc(NCCc3c(C)[nH]c4c(F)ccc(C)c34)nc(C)n2)cc1. The zero-order valence-corrected chi connectivity index (χ0v) is 19.1. The predicted octanol–water partition coefficient (Wildman–Crippen LogP) is 4.78. The molecule has 0 spiro atoms. The third-order valence-electron chi connectivity index (χ3n) is 5.60. The Hall–Kier alpha value is -3.94. The molecule has 4 N–H and O–H groups in total. The largest absolute Gasteiger partial charge is 0.370 e. The van der Waals surface area contributed by atoms with Crippen LogP contribution in [-0.4, -0.2) is 34.5 Å². The summed E-state index contributed by atoms with van der Waals surface area (Å²) in [6.07, 6.45) is 0.725. The Bertz CT molecular complexity index is 1310. The standard InChI is InChI=1S/C25H27FN6O/c1-14-5-10-20(26)24-23(14)19(15(2)29-24)11-12-28-21-13-22(31-16(3)30-21)32-18-8-6-17(7-9-18)25(33)27-4/h5-10,13,29H,11-12H2,1-4H3,(H,27,33)(H2,28,30,31,32). The van der Waals surface area contributed by atoms with Crippen LogP contribution in [0, 0.1) is 26.6 Å². The molecular weight excluding hydrogens is 419 g/mol. The zero-order chi connectivity index (χ0) is 23.5. The maximum absolute atomic E-state index is 14.2. The molecule has 0 aliphatic heterocycles. The van der Waals surface area contributed by atoms with Gasteiger partial charge in [-0.15, -0.1) is 0 Å². The Morgan fingerprint density at radius 3 is 2.48 bits per heavy atom. The number of aryl methyl sites for hydroxylation is 3. The molecule has 8 heteroatoms. The third-order valence-corrected chi connectivity index (χ3v) is 5.60. The third kappa shape index (κ3) is 4.79. The number of H-pyrrole nitrogens is 1. The Labute approximate surface area is 191 Å². The van der Waals surface area contributed by atoms with Gasteiger partial charge >= 0.3 is 0 Å². The second kappa shape index (κ2) is 9.28. The number of aromatic nitrogens is 3. The summed E-state index contributed by atoms with van der Waals surface area (Å²) in [5.74, 6) is 1.62. The van der Waals surface area contributed by atoms with Crippen molar-refractivity contribution in [2.75, 3.05) is 24.2 Å². The van der Waals surface area contributed by atoms with E-state index in [4.69, 9.17) is 0 Å². The minimum atomic E-state index is -0.233. The summed E-state index contributed by atoms with van der Waals surface area (Å²) in [6, 6.07) is 12.3. The maximum Gasteiger partial charge on any atom is 0.251 e. The van der Waals surface area contributed by atoms with E-state index in [-0.39, 0.29) is 11.7 Å². The van der Waals surface area contributed by atoms with Crippen molar-refractivity contribution in [2.24, 2.45) is 0 Å². The molecule has 0 unspecified atom stereocenters. The van der Waals surface area contributed by atoms with Gasteiger partial charge in [-0.1, -0.05) is 6.07 Å². The fourth-order valence-electron chi connectivity index (χ4n) is 3.99. The minimum absolute atomic E-state index is 0.130. The molecule has 4 rings (SSSR count). The monoisotopic (exact) mass is 446 g/mol. The van der Waals surface area contributed by atoms with E-state index in [9.17, 15) is 9.18 Å². The molecule has 0 aliphatic rings. The number of amides is 1. The van der Waals surface area contributed by atoms with Crippen LogP contribution in [0.3, 0.4) is 0 Å². The first kappa shape index (κ1) is 22.3. The molecule has 0 saturated carbocycles. The lowest BCUT2D eigenvalue weighted by Gasteiger charge is -2.11. The van der Waals surface area contributed by atoms with Gasteiger partial charge in [0.15, 0.2) is 0 Å². The highest BCUT2D eigenvalue weighted by atomic mass is 19.1. The van der Waals surface area contributed by atoms with Crippen LogP contribution < -0.4 is 16.0 Å². The van der Waals surface area contributed by atoms with Crippen molar-refractivity contribution in [3.8, 4) is 0 Å². The number of fused-ring (bicyclic) bond motifs is 1. The van der Waals surface area contributed by atoms with Crippen molar-refractivity contribution < 1.29 is 9.18 Å². The molecular formula is C25H27FN6O. The van der Waals surface area contributed by atoms with E-state index in [0.717, 1.165) is 34.3 Å². The molecule has 170 valence electrons. The van der Waals surface area contributed by atoms with Crippen molar-refractivity contribution in [2.45, 2.75) is 27.2 Å². The first-order valence-corrected chi connectivity index (χ1v) is 10.8. The van der Waals surface area contributed by atoms with Crippen molar-refractivity contribution >= 4 is 34.1 Å². The molecule has 0 fully saturated rings. The predicted molar refractivity (Wildman–Crippen MR) is 130 cm³/mol. The van der Waals surface area contributed by atoms with Crippen molar-refractivity contribution in [3.63, 3.8) is 0 Å². The maximum atomic E-state index is 14.2. The van der Waals surface area contributed by atoms with Crippen molar-refractivity contribution in [3.05, 3.63) is 76.5 Å². The smallest absolute Gasteiger partial charge is 0.251 e. The summed E-state index contributed by atoms with van der Waals surface area (Å²) >= 11 is 0. The summed E-state index contributed by atoms with van der Waals surface area (Å²) in [6.45, 7) is 6.45. The number of benzene rings is 2. The molecule has 2 heterocycles. The van der Waals surface area contributed by atoms with Gasteiger partial charge in [0.05, 0.1) is 5.52 Å². The van der Waals surface area contributed by atoms with E-state index in [1.807, 2.05) is 45.0 Å². The highest BCUT2D eigenvalue weighted by Gasteiger charge is 2.14. The van der Waals surface area contributed by atoms with Crippen LogP contribution in [0.5, 0.6) is 0 Å². The summed E-state index contributed by atoms with van der Waals surface area (Å²) < 4.78 is 14.2. The average Bonchev–Trinajstić information content (AvgIpc) is 3.13. The molecule has 0 aliphatic carbocycles. The Morgan fingerprint density at radius 2 is 1.76 bits per heavy atom. The van der Waals surface area contributed by atoms with E-state index in [2.05, 4.69) is 30.9 Å². The van der Waals surface area contributed by atoms with Crippen molar-refractivity contribution in [1.82, 2.24) is 20.3 Å². The number of carbonyl (C=O) groups is 1. The van der Waals surface area contributed by atoms with Crippen LogP contribution in [-0.2, 0) is 6.42 Å². The normalized spacial score (nSPS) is 10.9. The molecule has 4 aromatic rings. The number of aromatic amines is 1. The average molecular weight is 447 g/mol. The first-order valence-electron chi connectivity index (χ1n) is 10.8. The van der Waals surface area contributed by atoms with Crippen LogP contribution in [0.1, 0.15) is 33.0 Å². The van der Waals surface area contributed by atoms with Crippen LogP contribution in [0.15, 0.2) is 42.5 Å². The number of hydrogen-bond donors (Lipinski definition) is 4.